The van der Waals surface area contributed by atoms with Gasteiger partial charge in [0.2, 0.25) is 0 Å². The minimum absolute atomic E-state index is 0.336. The summed E-state index contributed by atoms with van der Waals surface area (Å²) in [5, 5.41) is 0. The molecule has 5 nitrogen and oxygen atoms in total. The fourth-order valence-electron chi connectivity index (χ4n) is 2.28. The van der Waals surface area contributed by atoms with Crippen LogP contribution in [0.3, 0.4) is 0 Å². The summed E-state index contributed by atoms with van der Waals surface area (Å²) in [5.74, 6) is 0.663. The molecular formula is C16H17N3O2. The number of carbonyl (C=O) groups excluding carboxylic acids is 1. The number of pyridine rings is 1. The first-order valence-corrected chi connectivity index (χ1v) is 7.15. The van der Waals surface area contributed by atoms with Gasteiger partial charge in [0.05, 0.1) is 17.9 Å². The van der Waals surface area contributed by atoms with Crippen molar-refractivity contribution in [1.82, 2.24) is 15.0 Å². The van der Waals surface area contributed by atoms with Gasteiger partial charge in [-0.2, -0.15) is 0 Å². The number of aromatic nitrogens is 3. The summed E-state index contributed by atoms with van der Waals surface area (Å²) in [6, 6.07) is 1.89. The largest absolute Gasteiger partial charge is 0.462 e. The van der Waals surface area contributed by atoms with Crippen LogP contribution in [0.15, 0.2) is 24.7 Å². The van der Waals surface area contributed by atoms with Crippen molar-refractivity contribution in [3.63, 3.8) is 0 Å². The number of hydrogen-bond acceptors (Lipinski definition) is 5. The van der Waals surface area contributed by atoms with E-state index in [1.807, 2.05) is 13.0 Å². The minimum Gasteiger partial charge on any atom is -0.462 e. The van der Waals surface area contributed by atoms with Crippen molar-refractivity contribution >= 4 is 5.97 Å². The van der Waals surface area contributed by atoms with Gasteiger partial charge in [-0.3, -0.25) is 4.98 Å². The molecule has 2 aromatic heterocycles. The lowest BCUT2D eigenvalue weighted by Crippen LogP contribution is -2.11. The van der Waals surface area contributed by atoms with E-state index in [2.05, 4.69) is 15.0 Å². The summed E-state index contributed by atoms with van der Waals surface area (Å²) in [7, 11) is 0. The molecule has 21 heavy (non-hydrogen) atoms. The van der Waals surface area contributed by atoms with Crippen LogP contribution in [-0.4, -0.2) is 27.5 Å². The molecule has 2 aromatic rings. The number of aryl methyl sites for hydroxylation is 1. The number of hydrogen-bond donors (Lipinski definition) is 0. The van der Waals surface area contributed by atoms with Gasteiger partial charge in [0.1, 0.15) is 0 Å². The Morgan fingerprint density at radius 2 is 2.19 bits per heavy atom. The second-order valence-electron chi connectivity index (χ2n) is 5.18. The van der Waals surface area contributed by atoms with E-state index in [1.54, 1.807) is 25.5 Å². The minimum atomic E-state index is -0.336. The number of rotatable bonds is 4. The maximum absolute atomic E-state index is 12.0. The Kier molecular flexibility index (Phi) is 3.64. The summed E-state index contributed by atoms with van der Waals surface area (Å²) in [4.78, 5) is 25.1. The van der Waals surface area contributed by atoms with Crippen LogP contribution in [0.2, 0.25) is 0 Å². The molecule has 0 saturated heterocycles. The molecule has 2 heterocycles. The van der Waals surface area contributed by atoms with Crippen LogP contribution < -0.4 is 0 Å². The van der Waals surface area contributed by atoms with Crippen LogP contribution in [0.5, 0.6) is 0 Å². The Labute approximate surface area is 123 Å². The number of carbonyl (C=O) groups is 1. The van der Waals surface area contributed by atoms with Crippen LogP contribution in [0.4, 0.5) is 0 Å². The van der Waals surface area contributed by atoms with Crippen molar-refractivity contribution in [1.29, 1.82) is 0 Å². The SMILES string of the molecule is CCOC(=O)c1cnc(-c2ccncc2C)nc1C1CC1. The molecule has 108 valence electrons. The zero-order valence-corrected chi connectivity index (χ0v) is 12.2. The van der Waals surface area contributed by atoms with E-state index in [0.29, 0.717) is 23.9 Å². The van der Waals surface area contributed by atoms with Gasteiger partial charge in [0.25, 0.3) is 0 Å². The van der Waals surface area contributed by atoms with E-state index in [4.69, 9.17) is 4.74 Å². The maximum atomic E-state index is 12.0. The van der Waals surface area contributed by atoms with Crippen molar-refractivity contribution in [2.24, 2.45) is 0 Å². The van der Waals surface area contributed by atoms with Crippen molar-refractivity contribution in [2.45, 2.75) is 32.6 Å². The van der Waals surface area contributed by atoms with Crippen molar-refractivity contribution < 1.29 is 9.53 Å². The van der Waals surface area contributed by atoms with Crippen LogP contribution in [-0.2, 0) is 4.74 Å². The van der Waals surface area contributed by atoms with Gasteiger partial charge in [-0.1, -0.05) is 0 Å². The summed E-state index contributed by atoms with van der Waals surface area (Å²) >= 11 is 0. The van der Waals surface area contributed by atoms with Crippen LogP contribution in [0, 0.1) is 6.92 Å². The number of ether oxygens (including phenoxy) is 1. The quantitative estimate of drug-likeness (QED) is 0.807. The van der Waals surface area contributed by atoms with Gasteiger partial charge in [0.15, 0.2) is 5.82 Å². The summed E-state index contributed by atoms with van der Waals surface area (Å²) in [5.41, 5.74) is 3.27. The van der Waals surface area contributed by atoms with Gasteiger partial charge < -0.3 is 4.74 Å². The number of esters is 1. The highest BCUT2D eigenvalue weighted by Gasteiger charge is 2.31. The van der Waals surface area contributed by atoms with Crippen LogP contribution >= 0.6 is 0 Å². The molecule has 3 rings (SSSR count). The second kappa shape index (κ2) is 5.60. The van der Waals surface area contributed by atoms with E-state index in [9.17, 15) is 4.79 Å². The summed E-state index contributed by atoms with van der Waals surface area (Å²) in [6.45, 7) is 4.13. The van der Waals surface area contributed by atoms with Crippen molar-refractivity contribution in [3.8, 4) is 11.4 Å². The Hall–Kier alpha value is -2.30. The molecule has 1 saturated carbocycles. The molecule has 0 atom stereocenters. The van der Waals surface area contributed by atoms with Gasteiger partial charge in [-0.25, -0.2) is 14.8 Å². The highest BCUT2D eigenvalue weighted by atomic mass is 16.5. The van der Waals surface area contributed by atoms with Gasteiger partial charge in [-0.15, -0.1) is 0 Å². The predicted octanol–water partition coefficient (Wildman–Crippen LogP) is 2.90. The molecule has 1 fully saturated rings. The third-order valence-corrected chi connectivity index (χ3v) is 3.54. The predicted molar refractivity (Wildman–Crippen MR) is 77.9 cm³/mol. The molecule has 0 aromatic carbocycles. The monoisotopic (exact) mass is 283 g/mol. The average Bonchev–Trinajstić information content (AvgIpc) is 3.32. The lowest BCUT2D eigenvalue weighted by atomic mass is 10.1. The second-order valence-corrected chi connectivity index (χ2v) is 5.18. The first-order valence-electron chi connectivity index (χ1n) is 7.15. The van der Waals surface area contributed by atoms with Crippen molar-refractivity contribution in [3.05, 3.63) is 41.5 Å². The van der Waals surface area contributed by atoms with E-state index in [0.717, 1.165) is 29.7 Å². The van der Waals surface area contributed by atoms with E-state index < -0.39 is 0 Å². The Morgan fingerprint density at radius 3 is 2.86 bits per heavy atom. The van der Waals surface area contributed by atoms with Crippen LogP contribution in [0.1, 0.15) is 47.3 Å². The summed E-state index contributed by atoms with van der Waals surface area (Å²) in [6.07, 6.45) is 7.24. The zero-order chi connectivity index (χ0) is 14.8. The molecule has 0 aliphatic heterocycles. The topological polar surface area (TPSA) is 65.0 Å². The fourth-order valence-corrected chi connectivity index (χ4v) is 2.28. The van der Waals surface area contributed by atoms with E-state index in [1.165, 1.54) is 0 Å². The number of nitrogens with zero attached hydrogens (tertiary/aromatic N) is 3. The molecule has 0 N–H and O–H groups in total. The highest BCUT2D eigenvalue weighted by molar-refractivity contribution is 5.90. The average molecular weight is 283 g/mol. The highest BCUT2D eigenvalue weighted by Crippen LogP contribution is 2.41. The maximum Gasteiger partial charge on any atom is 0.341 e. The third kappa shape index (κ3) is 2.77. The normalized spacial score (nSPS) is 14.0. The molecule has 1 aliphatic rings. The first-order chi connectivity index (χ1) is 10.2. The van der Waals surface area contributed by atoms with Gasteiger partial charge in [-0.05, 0) is 38.3 Å². The lowest BCUT2D eigenvalue weighted by Gasteiger charge is -2.10. The first kappa shape index (κ1) is 13.7. The fraction of sp³-hybridized carbons (Fsp3) is 0.375. The zero-order valence-electron chi connectivity index (χ0n) is 12.2. The Morgan fingerprint density at radius 1 is 1.38 bits per heavy atom. The molecule has 1 aliphatic carbocycles. The molecular weight excluding hydrogens is 266 g/mol. The Bertz CT molecular complexity index is 681. The molecule has 0 unspecified atom stereocenters. The van der Waals surface area contributed by atoms with E-state index >= 15 is 0 Å². The standard InChI is InChI=1S/C16H17N3O2/c1-3-21-16(20)13-9-18-15(19-14(13)11-4-5-11)12-6-7-17-8-10(12)2/h6-9,11H,3-5H2,1-2H3. The van der Waals surface area contributed by atoms with Crippen LogP contribution in [0.25, 0.3) is 11.4 Å². The van der Waals surface area contributed by atoms with Crippen molar-refractivity contribution in [2.75, 3.05) is 6.61 Å². The molecule has 5 heteroatoms. The molecule has 0 radical (unpaired) electrons. The van der Waals surface area contributed by atoms with Gasteiger partial charge in [0, 0.05) is 30.1 Å². The Balaban J connectivity index is 2.04. The van der Waals surface area contributed by atoms with E-state index in [-0.39, 0.29) is 5.97 Å². The molecule has 0 amide bonds. The molecule has 0 spiro atoms. The lowest BCUT2D eigenvalue weighted by molar-refractivity contribution is 0.0524. The van der Waals surface area contributed by atoms with Gasteiger partial charge >= 0.3 is 5.97 Å². The summed E-state index contributed by atoms with van der Waals surface area (Å²) < 4.78 is 5.09. The smallest absolute Gasteiger partial charge is 0.341 e. The molecule has 0 bridgehead atoms. The third-order valence-electron chi connectivity index (χ3n) is 3.54.